The number of hydrogen-bond acceptors (Lipinski definition) is 4. The molecule has 0 fully saturated rings. The van der Waals surface area contributed by atoms with Crippen LogP contribution in [0.2, 0.25) is 0 Å². The molecule has 1 aromatic rings. The van der Waals surface area contributed by atoms with E-state index in [4.69, 9.17) is 0 Å². The van der Waals surface area contributed by atoms with Gasteiger partial charge in [-0.1, -0.05) is 6.07 Å². The average Bonchev–Trinajstić information content (AvgIpc) is 2.25. The molecular weight excluding hydrogens is 281 g/mol. The summed E-state index contributed by atoms with van der Waals surface area (Å²) < 4.78 is 41.3. The monoisotopic (exact) mass is 287 g/mol. The predicted octanol–water partition coefficient (Wildman–Crippen LogP) is -1.56. The second-order valence-corrected chi connectivity index (χ2v) is 3.10. The van der Waals surface area contributed by atoms with Gasteiger partial charge in [-0.15, -0.1) is 5.46 Å². The van der Waals surface area contributed by atoms with E-state index in [1.54, 1.807) is 0 Å². The van der Waals surface area contributed by atoms with Crippen LogP contribution in [0, 0.1) is 10.1 Å². The number of nitro groups is 1. The van der Waals surface area contributed by atoms with Gasteiger partial charge >= 0.3 is 64.3 Å². The molecule has 1 aromatic carbocycles. The van der Waals surface area contributed by atoms with Gasteiger partial charge in [-0.05, 0) is 12.1 Å². The van der Waals surface area contributed by atoms with Crippen LogP contribution in [0.3, 0.4) is 0 Å². The third-order valence-electron chi connectivity index (χ3n) is 2.00. The number of nitrogens with zero attached hydrogens (tertiary/aromatic N) is 1. The molecule has 0 atom stereocenters. The molecule has 92 valence electrons. The maximum atomic E-state index is 12.4. The number of benzene rings is 1. The predicted molar refractivity (Wildman–Crippen MR) is 53.1 cm³/mol. The summed E-state index contributed by atoms with van der Waals surface area (Å²) in [6.07, 6.45) is 0. The largest absolute Gasteiger partial charge is 1.00 e. The van der Waals surface area contributed by atoms with Crippen molar-refractivity contribution in [2.75, 3.05) is 7.11 Å². The summed E-state index contributed by atoms with van der Waals surface area (Å²) in [6.45, 7) is -5.35. The van der Waals surface area contributed by atoms with Crippen molar-refractivity contribution in [1.29, 1.82) is 0 Å². The Labute approximate surface area is 142 Å². The van der Waals surface area contributed by atoms with Gasteiger partial charge in [0.1, 0.15) is 5.56 Å². The van der Waals surface area contributed by atoms with E-state index >= 15 is 0 Å². The van der Waals surface area contributed by atoms with Gasteiger partial charge in [0, 0.05) is 0 Å². The molecule has 0 radical (unpaired) electrons. The first-order valence-corrected chi connectivity index (χ1v) is 4.34. The fourth-order valence-corrected chi connectivity index (χ4v) is 1.19. The number of halogens is 3. The molecule has 0 spiro atoms. The molecule has 0 unspecified atom stereocenters. The quantitative estimate of drug-likeness (QED) is 0.292. The van der Waals surface area contributed by atoms with Gasteiger partial charge in [0.25, 0.3) is 5.69 Å². The Bertz CT molecular complexity index is 480. The zero-order valence-electron chi connectivity index (χ0n) is 9.52. The summed E-state index contributed by atoms with van der Waals surface area (Å²) >= 11 is 0. The Morgan fingerprint density at radius 2 is 1.94 bits per heavy atom. The molecular formula is C8H6BF3KNO4. The molecule has 0 saturated carbocycles. The Hall–Kier alpha value is -0.419. The second-order valence-electron chi connectivity index (χ2n) is 3.10. The van der Waals surface area contributed by atoms with E-state index in [1.165, 1.54) is 0 Å². The van der Waals surface area contributed by atoms with Gasteiger partial charge in [-0.2, -0.15) is 0 Å². The van der Waals surface area contributed by atoms with Gasteiger partial charge < -0.3 is 17.7 Å². The molecule has 0 amide bonds. The summed E-state index contributed by atoms with van der Waals surface area (Å²) in [7, 11) is 0.980. The van der Waals surface area contributed by atoms with Crippen LogP contribution >= 0.6 is 0 Å². The molecule has 1 rings (SSSR count). The molecule has 0 N–H and O–H groups in total. The summed E-state index contributed by atoms with van der Waals surface area (Å²) in [6, 6.07) is 1.67. The van der Waals surface area contributed by atoms with Crippen molar-refractivity contribution >= 4 is 24.1 Å². The van der Waals surface area contributed by atoms with E-state index in [2.05, 4.69) is 4.74 Å². The van der Waals surface area contributed by atoms with Crippen molar-refractivity contribution in [2.24, 2.45) is 0 Å². The van der Waals surface area contributed by atoms with E-state index in [9.17, 15) is 27.9 Å². The zero-order valence-corrected chi connectivity index (χ0v) is 12.6. The van der Waals surface area contributed by atoms with E-state index < -0.39 is 34.6 Å². The Morgan fingerprint density at radius 1 is 1.39 bits per heavy atom. The maximum absolute atomic E-state index is 12.4. The first-order valence-electron chi connectivity index (χ1n) is 4.34. The number of methoxy groups -OCH3 is 1. The number of ether oxygens (including phenoxy) is 1. The SMILES string of the molecule is COC(=O)c1ccc([B-](F)(F)F)cc1[N+](=O)[O-].[K+]. The summed E-state index contributed by atoms with van der Waals surface area (Å²) in [5.74, 6) is -1.06. The minimum Gasteiger partial charge on any atom is -0.465 e. The Morgan fingerprint density at radius 3 is 2.33 bits per heavy atom. The van der Waals surface area contributed by atoms with E-state index in [-0.39, 0.29) is 51.4 Å². The molecule has 0 aromatic heterocycles. The van der Waals surface area contributed by atoms with Crippen LogP contribution in [0.15, 0.2) is 18.2 Å². The van der Waals surface area contributed by atoms with Crippen molar-refractivity contribution in [3.05, 3.63) is 33.9 Å². The van der Waals surface area contributed by atoms with Gasteiger partial charge in [-0.3, -0.25) is 10.1 Å². The number of nitro benzene ring substituents is 1. The summed E-state index contributed by atoms with van der Waals surface area (Å²) in [5, 5.41) is 10.6. The van der Waals surface area contributed by atoms with Gasteiger partial charge in [-0.25, -0.2) is 4.79 Å². The van der Waals surface area contributed by atoms with E-state index in [0.717, 1.165) is 13.2 Å². The Kier molecular flexibility index (Phi) is 6.51. The normalized spacial score (nSPS) is 10.4. The van der Waals surface area contributed by atoms with E-state index in [0.29, 0.717) is 12.1 Å². The number of carbonyl (C=O) groups is 1. The fraction of sp³-hybridized carbons (Fsp3) is 0.125. The molecule has 18 heavy (non-hydrogen) atoms. The van der Waals surface area contributed by atoms with Crippen LogP contribution in [0.25, 0.3) is 0 Å². The standard InChI is InChI=1S/C8H6BF3NO4.K/c1-17-8(14)6-3-2-5(9(10,11)12)4-7(6)13(15)16;/h2-4H,1H3;/q-1;+1. The summed E-state index contributed by atoms with van der Waals surface area (Å²) in [5.41, 5.74) is -2.57. The average molecular weight is 287 g/mol. The van der Waals surface area contributed by atoms with Crippen LogP contribution in [-0.2, 0) is 4.74 Å². The van der Waals surface area contributed by atoms with E-state index in [1.807, 2.05) is 0 Å². The molecule has 0 saturated heterocycles. The molecule has 0 aliphatic rings. The van der Waals surface area contributed by atoms with Crippen LogP contribution in [-0.4, -0.2) is 25.0 Å². The summed E-state index contributed by atoms with van der Waals surface area (Å²) in [4.78, 5) is 20.6. The zero-order chi connectivity index (χ0) is 13.2. The van der Waals surface area contributed by atoms with Gasteiger partial charge in [0.15, 0.2) is 0 Å². The molecule has 5 nitrogen and oxygen atoms in total. The van der Waals surface area contributed by atoms with Crippen molar-refractivity contribution in [3.8, 4) is 0 Å². The number of rotatable bonds is 3. The van der Waals surface area contributed by atoms with Crippen molar-refractivity contribution in [2.45, 2.75) is 0 Å². The Balaban J connectivity index is 0.00000289. The molecule has 0 aliphatic heterocycles. The minimum atomic E-state index is -5.35. The van der Waals surface area contributed by atoms with Gasteiger partial charge in [0.05, 0.1) is 12.0 Å². The molecule has 0 aliphatic carbocycles. The number of esters is 1. The smallest absolute Gasteiger partial charge is 0.465 e. The topological polar surface area (TPSA) is 69.4 Å². The fourth-order valence-electron chi connectivity index (χ4n) is 1.19. The maximum Gasteiger partial charge on any atom is 1.00 e. The number of hydrogen-bond donors (Lipinski definition) is 0. The first-order chi connectivity index (χ1) is 7.77. The van der Waals surface area contributed by atoms with Crippen LogP contribution in [0.1, 0.15) is 10.4 Å². The van der Waals surface area contributed by atoms with Crippen LogP contribution < -0.4 is 56.8 Å². The van der Waals surface area contributed by atoms with Crippen LogP contribution in [0.4, 0.5) is 18.6 Å². The van der Waals surface area contributed by atoms with Crippen molar-refractivity contribution in [1.82, 2.24) is 0 Å². The van der Waals surface area contributed by atoms with Gasteiger partial charge in [0.2, 0.25) is 0 Å². The van der Waals surface area contributed by atoms with Crippen LogP contribution in [0.5, 0.6) is 0 Å². The second kappa shape index (κ2) is 6.66. The van der Waals surface area contributed by atoms with Crippen molar-refractivity contribution < 1.29 is 78.8 Å². The third-order valence-corrected chi connectivity index (χ3v) is 2.00. The first kappa shape index (κ1) is 17.6. The van der Waals surface area contributed by atoms with Crippen molar-refractivity contribution in [3.63, 3.8) is 0 Å². The minimum absolute atomic E-state index is 0. The molecule has 0 bridgehead atoms. The molecule has 0 heterocycles. The molecule has 10 heteroatoms. The number of carbonyl (C=O) groups excluding carboxylic acids is 1. The third kappa shape index (κ3) is 4.06.